The number of thioether (sulfide) groups is 1. The van der Waals surface area contributed by atoms with E-state index in [1.807, 2.05) is 47.4 Å². The van der Waals surface area contributed by atoms with Crippen molar-refractivity contribution in [1.29, 1.82) is 0 Å². The van der Waals surface area contributed by atoms with Gasteiger partial charge in [0, 0.05) is 26.3 Å². The first-order valence-corrected chi connectivity index (χ1v) is 11.1. The Morgan fingerprint density at radius 3 is 2.31 bits per heavy atom. The SMILES string of the molecule is O=C1CS[C@@H](c2ccc(OCc3ccc(Cl)cc3Cl)cc2)N1c1ccc(Cl)cc1. The van der Waals surface area contributed by atoms with E-state index >= 15 is 0 Å². The van der Waals surface area contributed by atoms with Crippen LogP contribution in [-0.4, -0.2) is 11.7 Å². The summed E-state index contributed by atoms with van der Waals surface area (Å²) in [5.41, 5.74) is 2.74. The van der Waals surface area contributed by atoms with Crippen molar-refractivity contribution in [1.82, 2.24) is 0 Å². The minimum Gasteiger partial charge on any atom is -0.489 e. The zero-order valence-corrected chi connectivity index (χ0v) is 18.2. The Hall–Kier alpha value is -1.85. The Labute approximate surface area is 188 Å². The summed E-state index contributed by atoms with van der Waals surface area (Å²) in [4.78, 5) is 14.3. The van der Waals surface area contributed by atoms with Crippen molar-refractivity contribution in [3.05, 3.63) is 92.9 Å². The molecule has 0 unspecified atom stereocenters. The van der Waals surface area contributed by atoms with Gasteiger partial charge in [-0.25, -0.2) is 0 Å². The molecular formula is C22H16Cl3NO2S. The first kappa shape index (κ1) is 20.4. The molecule has 0 saturated carbocycles. The van der Waals surface area contributed by atoms with E-state index in [0.29, 0.717) is 27.4 Å². The second-order valence-electron chi connectivity index (χ2n) is 6.50. The second-order valence-corrected chi connectivity index (χ2v) is 8.85. The lowest BCUT2D eigenvalue weighted by atomic mass is 10.1. The maximum atomic E-state index is 12.5. The average Bonchev–Trinajstić information content (AvgIpc) is 3.10. The first-order chi connectivity index (χ1) is 14.0. The van der Waals surface area contributed by atoms with Gasteiger partial charge in [0.1, 0.15) is 17.7 Å². The van der Waals surface area contributed by atoms with E-state index in [-0.39, 0.29) is 11.3 Å². The fourth-order valence-electron chi connectivity index (χ4n) is 3.08. The van der Waals surface area contributed by atoms with Gasteiger partial charge >= 0.3 is 0 Å². The molecule has 3 aromatic carbocycles. The fourth-order valence-corrected chi connectivity index (χ4v) is 4.85. The van der Waals surface area contributed by atoms with Gasteiger partial charge in [0.05, 0.1) is 5.75 Å². The molecule has 0 spiro atoms. The van der Waals surface area contributed by atoms with Crippen molar-refractivity contribution < 1.29 is 9.53 Å². The van der Waals surface area contributed by atoms with Crippen molar-refractivity contribution in [2.24, 2.45) is 0 Å². The third-order valence-electron chi connectivity index (χ3n) is 4.55. The monoisotopic (exact) mass is 463 g/mol. The average molecular weight is 465 g/mol. The van der Waals surface area contributed by atoms with E-state index in [0.717, 1.165) is 22.6 Å². The molecule has 1 fully saturated rings. The highest BCUT2D eigenvalue weighted by Gasteiger charge is 2.33. The van der Waals surface area contributed by atoms with Crippen LogP contribution in [0.1, 0.15) is 16.5 Å². The fraction of sp³-hybridized carbons (Fsp3) is 0.136. The van der Waals surface area contributed by atoms with E-state index in [1.54, 1.807) is 36.0 Å². The Morgan fingerprint density at radius 1 is 0.931 bits per heavy atom. The molecule has 7 heteroatoms. The molecule has 0 radical (unpaired) electrons. The second kappa shape index (κ2) is 8.88. The Balaban J connectivity index is 1.48. The van der Waals surface area contributed by atoms with Gasteiger partial charge in [0.15, 0.2) is 0 Å². The summed E-state index contributed by atoms with van der Waals surface area (Å²) in [5.74, 6) is 1.26. The number of halogens is 3. The van der Waals surface area contributed by atoms with Gasteiger partial charge in [-0.05, 0) is 54.1 Å². The summed E-state index contributed by atoms with van der Waals surface area (Å²) in [6.45, 7) is 0.350. The molecule has 1 saturated heterocycles. The van der Waals surface area contributed by atoms with Crippen LogP contribution in [0.5, 0.6) is 5.75 Å². The maximum absolute atomic E-state index is 12.5. The molecule has 0 bridgehead atoms. The largest absolute Gasteiger partial charge is 0.489 e. The molecule has 0 N–H and O–H groups in total. The highest BCUT2D eigenvalue weighted by molar-refractivity contribution is 8.00. The maximum Gasteiger partial charge on any atom is 0.238 e. The zero-order chi connectivity index (χ0) is 20.4. The van der Waals surface area contributed by atoms with Gasteiger partial charge in [-0.1, -0.05) is 53.0 Å². The van der Waals surface area contributed by atoms with E-state index < -0.39 is 0 Å². The predicted molar refractivity (Wildman–Crippen MR) is 121 cm³/mol. The summed E-state index contributed by atoms with van der Waals surface area (Å²) in [5, 5.41) is 1.74. The Morgan fingerprint density at radius 2 is 1.62 bits per heavy atom. The van der Waals surface area contributed by atoms with Crippen molar-refractivity contribution in [3.63, 3.8) is 0 Å². The van der Waals surface area contributed by atoms with Crippen molar-refractivity contribution in [3.8, 4) is 5.75 Å². The molecule has 3 nitrogen and oxygen atoms in total. The normalized spacial score (nSPS) is 16.3. The Kier molecular flexibility index (Phi) is 6.26. The van der Waals surface area contributed by atoms with E-state index in [4.69, 9.17) is 39.5 Å². The highest BCUT2D eigenvalue weighted by Crippen LogP contribution is 2.42. The van der Waals surface area contributed by atoms with E-state index in [9.17, 15) is 4.79 Å². The lowest BCUT2D eigenvalue weighted by Crippen LogP contribution is -2.27. The van der Waals surface area contributed by atoms with Crippen LogP contribution < -0.4 is 9.64 Å². The molecule has 3 aromatic rings. The minimum atomic E-state index is -0.0802. The van der Waals surface area contributed by atoms with Gasteiger partial charge in [-0.2, -0.15) is 0 Å². The summed E-state index contributed by atoms with van der Waals surface area (Å²) in [6.07, 6.45) is 0. The zero-order valence-electron chi connectivity index (χ0n) is 15.1. The summed E-state index contributed by atoms with van der Waals surface area (Å²) in [6, 6.07) is 20.4. The number of anilines is 1. The number of carbonyl (C=O) groups is 1. The molecular weight excluding hydrogens is 449 g/mol. The molecule has 0 aliphatic carbocycles. The van der Waals surface area contributed by atoms with Gasteiger partial charge in [0.25, 0.3) is 0 Å². The van der Waals surface area contributed by atoms with Gasteiger partial charge in [-0.3, -0.25) is 9.69 Å². The van der Waals surface area contributed by atoms with Crippen LogP contribution in [0.4, 0.5) is 5.69 Å². The van der Waals surface area contributed by atoms with E-state index in [1.165, 1.54) is 0 Å². The standard InChI is InChI=1S/C22H16Cl3NO2S/c23-16-5-7-18(8-6-16)26-21(27)13-29-22(26)14-2-9-19(10-3-14)28-12-15-1-4-17(24)11-20(15)25/h1-11,22H,12-13H2/t22-/m0/s1. The molecule has 29 heavy (non-hydrogen) atoms. The third-order valence-corrected chi connectivity index (χ3v) is 6.60. The van der Waals surface area contributed by atoms with Gasteiger partial charge < -0.3 is 4.74 Å². The van der Waals surface area contributed by atoms with E-state index in [2.05, 4.69) is 0 Å². The van der Waals surface area contributed by atoms with Crippen LogP contribution in [0.15, 0.2) is 66.7 Å². The molecule has 0 aromatic heterocycles. The minimum absolute atomic E-state index is 0.0802. The number of benzene rings is 3. The van der Waals surface area contributed by atoms with Gasteiger partial charge in [-0.15, -0.1) is 11.8 Å². The van der Waals surface area contributed by atoms with Crippen molar-refractivity contribution >= 4 is 58.2 Å². The molecule has 1 aliphatic heterocycles. The number of carbonyl (C=O) groups excluding carboxylic acids is 1. The lowest BCUT2D eigenvalue weighted by molar-refractivity contribution is -0.115. The van der Waals surface area contributed by atoms with Crippen LogP contribution in [0, 0.1) is 0 Å². The Bertz CT molecular complexity index is 1030. The first-order valence-electron chi connectivity index (χ1n) is 8.87. The van der Waals surface area contributed by atoms with Crippen LogP contribution >= 0.6 is 46.6 Å². The smallest absolute Gasteiger partial charge is 0.238 e. The number of nitrogens with zero attached hydrogens (tertiary/aromatic N) is 1. The summed E-state index contributed by atoms with van der Waals surface area (Å²) < 4.78 is 5.85. The molecule has 1 heterocycles. The predicted octanol–water partition coefficient (Wildman–Crippen LogP) is 7.00. The molecule has 1 aliphatic rings. The van der Waals surface area contributed by atoms with Crippen LogP contribution in [-0.2, 0) is 11.4 Å². The number of rotatable bonds is 5. The topological polar surface area (TPSA) is 29.5 Å². The summed E-state index contributed by atoms with van der Waals surface area (Å²) >= 11 is 19.7. The van der Waals surface area contributed by atoms with Crippen LogP contribution in [0.2, 0.25) is 15.1 Å². The van der Waals surface area contributed by atoms with Gasteiger partial charge in [0.2, 0.25) is 5.91 Å². The number of amides is 1. The highest BCUT2D eigenvalue weighted by atomic mass is 35.5. The van der Waals surface area contributed by atoms with Crippen molar-refractivity contribution in [2.75, 3.05) is 10.7 Å². The molecule has 148 valence electrons. The molecule has 1 atom stereocenters. The summed E-state index contributed by atoms with van der Waals surface area (Å²) in [7, 11) is 0. The quantitative estimate of drug-likeness (QED) is 0.407. The van der Waals surface area contributed by atoms with Crippen LogP contribution in [0.3, 0.4) is 0 Å². The molecule has 1 amide bonds. The third kappa shape index (κ3) is 4.67. The number of hydrogen-bond acceptors (Lipinski definition) is 3. The van der Waals surface area contributed by atoms with Crippen LogP contribution in [0.25, 0.3) is 0 Å². The lowest BCUT2D eigenvalue weighted by Gasteiger charge is -2.24. The number of hydrogen-bond donors (Lipinski definition) is 0. The number of ether oxygens (including phenoxy) is 1. The molecule has 4 rings (SSSR count). The van der Waals surface area contributed by atoms with Crippen molar-refractivity contribution in [2.45, 2.75) is 12.0 Å².